The Kier molecular flexibility index (Phi) is 6.10. The van der Waals surface area contributed by atoms with Gasteiger partial charge in [-0.25, -0.2) is 0 Å². The molecular weight excluding hydrogens is 366 g/mol. The van der Waals surface area contributed by atoms with Crippen molar-refractivity contribution < 1.29 is 14.5 Å². The molecule has 0 aliphatic carbocycles. The number of ether oxygens (including phenoxy) is 1. The monoisotopic (exact) mass is 385 g/mol. The van der Waals surface area contributed by atoms with Crippen molar-refractivity contribution in [2.24, 2.45) is 4.99 Å². The molecule has 0 saturated carbocycles. The summed E-state index contributed by atoms with van der Waals surface area (Å²) in [5.74, 6) is -0.217. The first-order valence-electron chi connectivity index (χ1n) is 8.46. The molecule has 1 amide bonds. The Morgan fingerprint density at radius 3 is 2.74 bits per heavy atom. The number of carbonyl (C=O) groups is 1. The van der Waals surface area contributed by atoms with Crippen LogP contribution in [0.2, 0.25) is 0 Å². The highest BCUT2D eigenvalue weighted by Crippen LogP contribution is 2.23. The van der Waals surface area contributed by atoms with Crippen LogP contribution in [0.5, 0.6) is 0 Å². The molecule has 0 unspecified atom stereocenters. The van der Waals surface area contributed by atoms with E-state index in [4.69, 9.17) is 4.74 Å². The Morgan fingerprint density at radius 2 is 2.04 bits per heavy atom. The van der Waals surface area contributed by atoms with Gasteiger partial charge in [-0.05, 0) is 18.1 Å². The Balaban J connectivity index is 1.91. The number of benzene rings is 2. The predicted octanol–water partition coefficient (Wildman–Crippen LogP) is 3.32. The van der Waals surface area contributed by atoms with Crippen molar-refractivity contribution in [1.82, 2.24) is 4.57 Å². The molecule has 0 aliphatic heterocycles. The lowest BCUT2D eigenvalue weighted by Crippen LogP contribution is -2.19. The minimum absolute atomic E-state index is 0.0181. The molecule has 0 spiro atoms. The number of hydrogen-bond acceptors (Lipinski definition) is 5. The highest BCUT2D eigenvalue weighted by atomic mass is 32.1. The quantitative estimate of drug-likeness (QED) is 0.461. The second kappa shape index (κ2) is 8.70. The lowest BCUT2D eigenvalue weighted by atomic mass is 10.1. The molecule has 3 aromatic rings. The maximum absolute atomic E-state index is 12.4. The molecule has 2 aromatic carbocycles. The summed E-state index contributed by atoms with van der Waals surface area (Å²) in [5.41, 5.74) is 1.90. The predicted molar refractivity (Wildman–Crippen MR) is 104 cm³/mol. The van der Waals surface area contributed by atoms with Crippen LogP contribution in [0.3, 0.4) is 0 Å². The van der Waals surface area contributed by atoms with Crippen molar-refractivity contribution in [2.45, 2.75) is 19.4 Å². The third-order valence-electron chi connectivity index (χ3n) is 4.09. The highest BCUT2D eigenvalue weighted by Gasteiger charge is 2.12. The maximum Gasteiger partial charge on any atom is 0.270 e. The zero-order valence-electron chi connectivity index (χ0n) is 14.8. The number of hydrogen-bond donors (Lipinski definition) is 0. The first-order valence-corrected chi connectivity index (χ1v) is 9.28. The van der Waals surface area contributed by atoms with Gasteiger partial charge in [0.05, 0.1) is 21.7 Å². The van der Waals surface area contributed by atoms with E-state index < -0.39 is 4.92 Å². The lowest BCUT2D eigenvalue weighted by Gasteiger charge is -2.04. The average molecular weight is 385 g/mol. The minimum Gasteiger partial charge on any atom is -0.383 e. The van der Waals surface area contributed by atoms with Crippen LogP contribution in [-0.4, -0.2) is 29.1 Å². The van der Waals surface area contributed by atoms with Gasteiger partial charge < -0.3 is 9.30 Å². The maximum atomic E-state index is 12.4. The molecule has 0 fully saturated rings. The summed E-state index contributed by atoms with van der Waals surface area (Å²) < 4.78 is 7.73. The molecule has 0 radical (unpaired) electrons. The summed E-state index contributed by atoms with van der Waals surface area (Å²) in [6.07, 6.45) is 0.931. The van der Waals surface area contributed by atoms with Crippen LogP contribution in [0.4, 0.5) is 5.69 Å². The number of aryl methyl sites for hydroxylation is 1. The van der Waals surface area contributed by atoms with E-state index in [0.29, 0.717) is 30.8 Å². The zero-order chi connectivity index (χ0) is 19.2. The molecule has 1 heterocycles. The summed E-state index contributed by atoms with van der Waals surface area (Å²) in [6, 6.07) is 14.4. The number of fused-ring (bicyclic) bond motifs is 1. The lowest BCUT2D eigenvalue weighted by molar-refractivity contribution is -0.384. The number of non-ortho nitro benzene ring substituents is 1. The number of amides is 1. The average Bonchev–Trinajstić information content (AvgIpc) is 3.01. The SMILES string of the molecule is COCCn1c(=NC(=O)CCc2ccccc2)sc2cc([N+](=O)[O-])ccc21. The van der Waals surface area contributed by atoms with Crippen molar-refractivity contribution in [1.29, 1.82) is 0 Å². The van der Waals surface area contributed by atoms with Crippen molar-refractivity contribution in [3.8, 4) is 0 Å². The van der Waals surface area contributed by atoms with Gasteiger partial charge in [-0.2, -0.15) is 4.99 Å². The number of nitro benzene ring substituents is 1. The first kappa shape index (κ1) is 18.9. The van der Waals surface area contributed by atoms with E-state index in [0.717, 1.165) is 15.8 Å². The highest BCUT2D eigenvalue weighted by molar-refractivity contribution is 7.16. The molecule has 140 valence electrons. The normalized spacial score (nSPS) is 11.8. The van der Waals surface area contributed by atoms with Gasteiger partial charge >= 0.3 is 0 Å². The van der Waals surface area contributed by atoms with Crippen molar-refractivity contribution in [2.75, 3.05) is 13.7 Å². The van der Waals surface area contributed by atoms with E-state index in [9.17, 15) is 14.9 Å². The summed E-state index contributed by atoms with van der Waals surface area (Å²) in [5, 5.41) is 11.0. The number of methoxy groups -OCH3 is 1. The molecule has 27 heavy (non-hydrogen) atoms. The Labute approximate surface area is 159 Å². The second-order valence-corrected chi connectivity index (χ2v) is 6.94. The molecule has 0 N–H and O–H groups in total. The molecule has 0 bridgehead atoms. The smallest absolute Gasteiger partial charge is 0.270 e. The molecule has 0 saturated heterocycles. The van der Waals surface area contributed by atoms with Gasteiger partial charge in [-0.15, -0.1) is 0 Å². The van der Waals surface area contributed by atoms with Crippen molar-refractivity contribution in [3.05, 3.63) is 69.0 Å². The Morgan fingerprint density at radius 1 is 1.26 bits per heavy atom. The third kappa shape index (κ3) is 4.66. The summed E-state index contributed by atoms with van der Waals surface area (Å²) in [6.45, 7) is 0.966. The standard InChI is InChI=1S/C19H19N3O4S/c1-26-12-11-21-16-9-8-15(22(24)25)13-17(16)27-19(21)20-18(23)10-7-14-5-3-2-4-6-14/h2-6,8-9,13H,7,10-12H2,1H3. The van der Waals surface area contributed by atoms with Crippen LogP contribution >= 0.6 is 11.3 Å². The van der Waals surface area contributed by atoms with E-state index in [-0.39, 0.29) is 11.6 Å². The van der Waals surface area contributed by atoms with E-state index in [1.165, 1.54) is 23.5 Å². The molecular formula is C19H19N3O4S. The fraction of sp³-hybridized carbons (Fsp3) is 0.263. The largest absolute Gasteiger partial charge is 0.383 e. The minimum atomic E-state index is -0.430. The Bertz CT molecular complexity index is 1020. The van der Waals surface area contributed by atoms with Gasteiger partial charge in [-0.3, -0.25) is 14.9 Å². The molecule has 0 atom stereocenters. The fourth-order valence-electron chi connectivity index (χ4n) is 2.72. The van der Waals surface area contributed by atoms with Gasteiger partial charge in [0.2, 0.25) is 5.91 Å². The molecule has 3 rings (SSSR count). The first-order chi connectivity index (χ1) is 13.1. The molecule has 8 heteroatoms. The number of aromatic nitrogens is 1. The number of nitro groups is 1. The number of thiazole rings is 1. The number of rotatable bonds is 7. The third-order valence-corrected chi connectivity index (χ3v) is 5.13. The molecule has 7 nitrogen and oxygen atoms in total. The van der Waals surface area contributed by atoms with Gasteiger partial charge in [0.15, 0.2) is 4.80 Å². The van der Waals surface area contributed by atoms with Gasteiger partial charge in [-0.1, -0.05) is 41.7 Å². The topological polar surface area (TPSA) is 86.7 Å². The second-order valence-electron chi connectivity index (χ2n) is 5.93. The Hall–Kier alpha value is -2.84. The fourth-order valence-corrected chi connectivity index (χ4v) is 3.82. The van der Waals surface area contributed by atoms with Gasteiger partial charge in [0.25, 0.3) is 5.69 Å². The van der Waals surface area contributed by atoms with E-state index in [2.05, 4.69) is 4.99 Å². The van der Waals surface area contributed by atoms with E-state index >= 15 is 0 Å². The van der Waals surface area contributed by atoms with Crippen LogP contribution in [0.15, 0.2) is 53.5 Å². The van der Waals surface area contributed by atoms with Crippen molar-refractivity contribution >= 4 is 33.1 Å². The summed E-state index contributed by atoms with van der Waals surface area (Å²) in [4.78, 5) is 27.7. The summed E-state index contributed by atoms with van der Waals surface area (Å²) >= 11 is 1.27. The number of nitrogens with zero attached hydrogens (tertiary/aromatic N) is 3. The van der Waals surface area contributed by atoms with E-state index in [1.54, 1.807) is 13.2 Å². The zero-order valence-corrected chi connectivity index (χ0v) is 15.6. The summed E-state index contributed by atoms with van der Waals surface area (Å²) in [7, 11) is 1.60. The van der Waals surface area contributed by atoms with Crippen LogP contribution < -0.4 is 4.80 Å². The van der Waals surface area contributed by atoms with Crippen LogP contribution in [0, 0.1) is 10.1 Å². The molecule has 0 aliphatic rings. The van der Waals surface area contributed by atoms with E-state index in [1.807, 2.05) is 34.9 Å². The van der Waals surface area contributed by atoms with Crippen LogP contribution in [-0.2, 0) is 22.5 Å². The van der Waals surface area contributed by atoms with Gasteiger partial charge in [0.1, 0.15) is 0 Å². The number of carbonyl (C=O) groups excluding carboxylic acids is 1. The van der Waals surface area contributed by atoms with Crippen LogP contribution in [0.25, 0.3) is 10.2 Å². The van der Waals surface area contributed by atoms with Crippen molar-refractivity contribution in [3.63, 3.8) is 0 Å². The van der Waals surface area contributed by atoms with Gasteiger partial charge in [0, 0.05) is 32.2 Å². The van der Waals surface area contributed by atoms with Crippen LogP contribution in [0.1, 0.15) is 12.0 Å². The molecule has 1 aromatic heterocycles.